The minimum atomic E-state index is -0.310. The van der Waals surface area contributed by atoms with E-state index < -0.39 is 0 Å². The number of ether oxygens (including phenoxy) is 4. The van der Waals surface area contributed by atoms with Crippen LogP contribution in [0.5, 0.6) is 23.0 Å². The van der Waals surface area contributed by atoms with Crippen LogP contribution in [0, 0.1) is 5.41 Å². The Hall–Kier alpha value is -2.84. The minimum Gasteiger partial charge on any atom is -0.497 e. The highest BCUT2D eigenvalue weighted by Gasteiger charge is 2.22. The topological polar surface area (TPSA) is 89.9 Å². The van der Waals surface area contributed by atoms with Crippen LogP contribution in [0.1, 0.15) is 12.5 Å². The molecule has 1 saturated heterocycles. The van der Waals surface area contributed by atoms with Gasteiger partial charge in [-0.1, -0.05) is 11.6 Å². The number of thioether (sulfide) groups is 1. The Morgan fingerprint density at radius 3 is 2.43 bits per heavy atom. The Morgan fingerprint density at radius 1 is 1.10 bits per heavy atom. The van der Waals surface area contributed by atoms with Crippen LogP contribution in [-0.2, 0) is 4.79 Å². The van der Waals surface area contributed by atoms with Gasteiger partial charge in [0, 0.05) is 0 Å². The molecule has 0 aliphatic carbocycles. The summed E-state index contributed by atoms with van der Waals surface area (Å²) in [5, 5.41) is 10.4. The van der Waals surface area contributed by atoms with Gasteiger partial charge < -0.3 is 24.3 Å². The number of amidine groups is 1. The second kappa shape index (κ2) is 10.3. The average Bonchev–Trinajstić information content (AvgIpc) is 3.04. The molecule has 0 saturated carbocycles. The first-order valence-electron chi connectivity index (χ1n) is 9.15. The van der Waals surface area contributed by atoms with Gasteiger partial charge in [-0.15, -0.1) is 0 Å². The van der Waals surface area contributed by atoms with Crippen molar-refractivity contribution in [1.29, 1.82) is 5.41 Å². The molecule has 0 aromatic heterocycles. The summed E-state index contributed by atoms with van der Waals surface area (Å²) in [6.07, 6.45) is 1.66. The van der Waals surface area contributed by atoms with Gasteiger partial charge in [-0.25, -0.2) is 0 Å². The third kappa shape index (κ3) is 5.61. The maximum Gasteiger partial charge on any atom is 0.264 e. The van der Waals surface area contributed by atoms with Gasteiger partial charge in [0.2, 0.25) is 0 Å². The third-order valence-corrected chi connectivity index (χ3v) is 5.06. The lowest BCUT2D eigenvalue weighted by atomic mass is 10.2. The first-order valence-corrected chi connectivity index (χ1v) is 10.3. The summed E-state index contributed by atoms with van der Waals surface area (Å²) in [4.78, 5) is 12.2. The molecule has 1 heterocycles. The standard InChI is InChI=1S/C21H21ClN2O5S/c1-3-27-17-11-13(12-18-20(25)24-21(23)30-18)10-16(22)19(17)29-9-8-28-15-6-4-14(26-2)5-7-15/h4-7,10-12H,3,8-9H2,1-2H3,(H2,23,24,25)/b18-12-. The number of rotatable bonds is 9. The smallest absolute Gasteiger partial charge is 0.264 e. The number of amides is 1. The first-order chi connectivity index (χ1) is 14.5. The molecule has 0 atom stereocenters. The highest BCUT2D eigenvalue weighted by molar-refractivity contribution is 8.18. The molecule has 1 fully saturated rings. The molecule has 0 unspecified atom stereocenters. The van der Waals surface area contributed by atoms with E-state index in [2.05, 4.69) is 5.32 Å². The lowest BCUT2D eigenvalue weighted by Gasteiger charge is -2.15. The summed E-state index contributed by atoms with van der Waals surface area (Å²) < 4.78 is 22.3. The number of nitrogens with one attached hydrogen (secondary N) is 2. The molecule has 9 heteroatoms. The van der Waals surface area contributed by atoms with E-state index in [1.165, 1.54) is 0 Å². The zero-order valence-corrected chi connectivity index (χ0v) is 18.1. The molecule has 0 bridgehead atoms. The van der Waals surface area contributed by atoms with E-state index in [9.17, 15) is 4.79 Å². The predicted molar refractivity (Wildman–Crippen MR) is 118 cm³/mol. The van der Waals surface area contributed by atoms with Gasteiger partial charge in [0.1, 0.15) is 24.7 Å². The highest BCUT2D eigenvalue weighted by Crippen LogP contribution is 2.38. The summed E-state index contributed by atoms with van der Waals surface area (Å²) in [6, 6.07) is 10.7. The molecule has 0 radical (unpaired) electrons. The molecule has 158 valence electrons. The van der Waals surface area contributed by atoms with Gasteiger partial charge >= 0.3 is 0 Å². The lowest BCUT2D eigenvalue weighted by Crippen LogP contribution is -2.18. The molecule has 1 amide bonds. The zero-order chi connectivity index (χ0) is 21.5. The number of halogens is 1. The molecule has 2 aromatic carbocycles. The maximum absolute atomic E-state index is 11.8. The van der Waals surface area contributed by atoms with Crippen molar-refractivity contribution >= 4 is 40.5 Å². The summed E-state index contributed by atoms with van der Waals surface area (Å²) in [5.74, 6) is 2.03. The molecule has 7 nitrogen and oxygen atoms in total. The number of carbonyl (C=O) groups is 1. The second-order valence-electron chi connectivity index (χ2n) is 6.03. The van der Waals surface area contributed by atoms with Crippen LogP contribution >= 0.6 is 23.4 Å². The number of carbonyl (C=O) groups excluding carboxylic acids is 1. The summed E-state index contributed by atoms with van der Waals surface area (Å²) in [7, 11) is 1.61. The van der Waals surface area contributed by atoms with Crippen LogP contribution in [0.15, 0.2) is 41.3 Å². The fourth-order valence-corrected chi connectivity index (χ4v) is 3.62. The van der Waals surface area contributed by atoms with E-state index in [4.69, 9.17) is 36.0 Å². The number of hydrogen-bond donors (Lipinski definition) is 2. The van der Waals surface area contributed by atoms with E-state index in [-0.39, 0.29) is 17.7 Å². The first kappa shape index (κ1) is 21.9. The molecular formula is C21H21ClN2O5S. The van der Waals surface area contributed by atoms with Crippen molar-refractivity contribution in [2.24, 2.45) is 0 Å². The molecule has 2 N–H and O–H groups in total. The maximum atomic E-state index is 11.8. The fourth-order valence-electron chi connectivity index (χ4n) is 2.64. The fraction of sp³-hybridized carbons (Fsp3) is 0.238. The summed E-state index contributed by atoms with van der Waals surface area (Å²) >= 11 is 7.47. The summed E-state index contributed by atoms with van der Waals surface area (Å²) in [5.41, 5.74) is 0.678. The highest BCUT2D eigenvalue weighted by atomic mass is 35.5. The van der Waals surface area contributed by atoms with Crippen LogP contribution in [0.3, 0.4) is 0 Å². The van der Waals surface area contributed by atoms with E-state index in [0.29, 0.717) is 46.0 Å². The molecule has 1 aliphatic heterocycles. The van der Waals surface area contributed by atoms with Crippen LogP contribution in [0.4, 0.5) is 0 Å². The van der Waals surface area contributed by atoms with Crippen LogP contribution in [0.25, 0.3) is 6.08 Å². The SMILES string of the molecule is CCOc1cc(/C=C2\SC(=N)NC2=O)cc(Cl)c1OCCOc1ccc(OC)cc1. The third-order valence-electron chi connectivity index (χ3n) is 3.95. The molecule has 2 aromatic rings. The minimum absolute atomic E-state index is 0.0965. The summed E-state index contributed by atoms with van der Waals surface area (Å²) in [6.45, 7) is 2.87. The molecule has 3 rings (SSSR count). The van der Waals surface area contributed by atoms with Crippen molar-refractivity contribution in [3.8, 4) is 23.0 Å². The van der Waals surface area contributed by atoms with E-state index in [1.54, 1.807) is 25.3 Å². The Kier molecular flexibility index (Phi) is 7.48. The Labute approximate surface area is 183 Å². The zero-order valence-electron chi connectivity index (χ0n) is 16.5. The van der Waals surface area contributed by atoms with Crippen molar-refractivity contribution in [3.05, 3.63) is 51.9 Å². The molecular weight excluding hydrogens is 428 g/mol. The van der Waals surface area contributed by atoms with Gasteiger partial charge in [0.25, 0.3) is 5.91 Å². The Morgan fingerprint density at radius 2 is 1.80 bits per heavy atom. The van der Waals surface area contributed by atoms with Gasteiger partial charge in [0.05, 0.1) is 23.6 Å². The average molecular weight is 449 g/mol. The monoisotopic (exact) mass is 448 g/mol. The van der Waals surface area contributed by atoms with Crippen LogP contribution < -0.4 is 24.3 Å². The Balaban J connectivity index is 1.67. The van der Waals surface area contributed by atoms with Crippen molar-refractivity contribution in [2.75, 3.05) is 26.9 Å². The number of hydrogen-bond acceptors (Lipinski definition) is 7. The molecule has 0 spiro atoms. The normalized spacial score (nSPS) is 14.6. The van der Waals surface area contributed by atoms with E-state index in [1.807, 2.05) is 31.2 Å². The van der Waals surface area contributed by atoms with E-state index >= 15 is 0 Å². The second-order valence-corrected chi connectivity index (χ2v) is 7.49. The van der Waals surface area contributed by atoms with Gasteiger partial charge in [-0.2, -0.15) is 0 Å². The van der Waals surface area contributed by atoms with Gasteiger partial charge in [-0.05, 0) is 66.7 Å². The van der Waals surface area contributed by atoms with Crippen molar-refractivity contribution in [1.82, 2.24) is 5.32 Å². The molecule has 30 heavy (non-hydrogen) atoms. The quantitative estimate of drug-likeness (QED) is 0.438. The molecule has 1 aliphatic rings. The van der Waals surface area contributed by atoms with E-state index in [0.717, 1.165) is 17.5 Å². The van der Waals surface area contributed by atoms with Gasteiger partial charge in [-0.3, -0.25) is 10.2 Å². The predicted octanol–water partition coefficient (Wildman–Crippen LogP) is 4.34. The Bertz CT molecular complexity index is 963. The largest absolute Gasteiger partial charge is 0.497 e. The van der Waals surface area contributed by atoms with Gasteiger partial charge in [0.15, 0.2) is 16.7 Å². The van der Waals surface area contributed by atoms with Crippen LogP contribution in [-0.4, -0.2) is 38.0 Å². The lowest BCUT2D eigenvalue weighted by molar-refractivity contribution is -0.115. The van der Waals surface area contributed by atoms with Crippen molar-refractivity contribution in [3.63, 3.8) is 0 Å². The van der Waals surface area contributed by atoms with Crippen molar-refractivity contribution in [2.45, 2.75) is 6.92 Å². The van der Waals surface area contributed by atoms with Crippen LogP contribution in [0.2, 0.25) is 5.02 Å². The number of methoxy groups -OCH3 is 1. The van der Waals surface area contributed by atoms with Crippen molar-refractivity contribution < 1.29 is 23.7 Å². The number of benzene rings is 2.